The minimum atomic E-state index is -3.85. The number of amides is 1. The third-order valence-corrected chi connectivity index (χ3v) is 9.45. The molecular formula is C32H38N6O3S. The van der Waals surface area contributed by atoms with Crippen molar-refractivity contribution in [2.75, 3.05) is 54.4 Å². The second kappa shape index (κ2) is 12.0. The molecule has 3 N–H and O–H groups in total. The van der Waals surface area contributed by atoms with Gasteiger partial charge in [-0.05, 0) is 67.6 Å². The summed E-state index contributed by atoms with van der Waals surface area (Å²) in [6, 6.07) is 21.1. The van der Waals surface area contributed by atoms with Gasteiger partial charge in [0.1, 0.15) is 11.0 Å². The summed E-state index contributed by atoms with van der Waals surface area (Å²) in [5.41, 5.74) is 5.92. The third kappa shape index (κ3) is 6.08. The predicted octanol–water partition coefficient (Wildman–Crippen LogP) is 4.11. The number of nitrogens with one attached hydrogen (secondary N) is 1. The van der Waals surface area contributed by atoms with E-state index < -0.39 is 10.0 Å². The quantitative estimate of drug-likeness (QED) is 0.446. The van der Waals surface area contributed by atoms with E-state index in [1.165, 1.54) is 6.07 Å². The smallest absolute Gasteiger partial charge is 0.254 e. The third-order valence-electron chi connectivity index (χ3n) is 8.49. The number of nitriles is 1. The maximum Gasteiger partial charge on any atom is 0.254 e. The van der Waals surface area contributed by atoms with Crippen molar-refractivity contribution in [3.05, 3.63) is 82.9 Å². The molecular weight excluding hydrogens is 548 g/mol. The van der Waals surface area contributed by atoms with Crippen molar-refractivity contribution in [1.29, 1.82) is 5.26 Å². The lowest BCUT2D eigenvalue weighted by Gasteiger charge is -2.39. The van der Waals surface area contributed by atoms with Gasteiger partial charge in [-0.1, -0.05) is 37.3 Å². The van der Waals surface area contributed by atoms with Gasteiger partial charge < -0.3 is 20.0 Å². The van der Waals surface area contributed by atoms with Gasteiger partial charge in [0.25, 0.3) is 5.91 Å². The number of rotatable bonds is 6. The van der Waals surface area contributed by atoms with E-state index in [9.17, 15) is 18.5 Å². The second-order valence-electron chi connectivity index (χ2n) is 11.4. The summed E-state index contributed by atoms with van der Waals surface area (Å²) in [5, 5.41) is 18.7. The molecule has 10 heteroatoms. The molecule has 1 amide bonds. The molecule has 5 rings (SSSR count). The van der Waals surface area contributed by atoms with E-state index in [4.69, 9.17) is 5.14 Å². The van der Waals surface area contributed by atoms with Crippen LogP contribution in [-0.4, -0.2) is 64.5 Å². The molecule has 0 bridgehead atoms. The maximum atomic E-state index is 13.7. The van der Waals surface area contributed by atoms with E-state index in [-0.39, 0.29) is 16.8 Å². The van der Waals surface area contributed by atoms with E-state index >= 15 is 0 Å². The van der Waals surface area contributed by atoms with E-state index in [1.54, 1.807) is 18.2 Å². The molecule has 2 heterocycles. The van der Waals surface area contributed by atoms with Gasteiger partial charge in [-0.25, -0.2) is 13.6 Å². The highest BCUT2D eigenvalue weighted by Gasteiger charge is 2.29. The molecule has 3 aromatic carbocycles. The summed E-state index contributed by atoms with van der Waals surface area (Å²) in [7, 11) is -3.85. The van der Waals surface area contributed by atoms with Crippen molar-refractivity contribution < 1.29 is 13.2 Å². The lowest BCUT2D eigenvalue weighted by atomic mass is 9.92. The Morgan fingerprint density at radius 1 is 0.929 bits per heavy atom. The van der Waals surface area contributed by atoms with E-state index in [2.05, 4.69) is 36.2 Å². The van der Waals surface area contributed by atoms with Crippen LogP contribution < -0.4 is 20.3 Å². The van der Waals surface area contributed by atoms with Gasteiger partial charge in [0.15, 0.2) is 0 Å². The van der Waals surface area contributed by atoms with Gasteiger partial charge in [-0.3, -0.25) is 4.79 Å². The first-order chi connectivity index (χ1) is 20.1. The first-order valence-corrected chi connectivity index (χ1v) is 15.9. The van der Waals surface area contributed by atoms with Crippen molar-refractivity contribution in [3.8, 4) is 6.07 Å². The van der Waals surface area contributed by atoms with Crippen molar-refractivity contribution in [1.82, 2.24) is 4.90 Å². The van der Waals surface area contributed by atoms with Crippen LogP contribution in [0.15, 0.2) is 65.6 Å². The average Bonchev–Trinajstić information content (AvgIpc) is 2.98. The highest BCUT2D eigenvalue weighted by atomic mass is 32.2. The summed E-state index contributed by atoms with van der Waals surface area (Å²) in [6.07, 6.45) is 0.916. The SMILES string of the molecule is Cc1cc(C)c(C(=O)N2CCN(c3ccccc3S(N)(=O)=O)CC2)cc1NC1CCN(c2ccccc2C#N)CC1C. The minimum absolute atomic E-state index is 0.0223. The zero-order valence-electron chi connectivity index (χ0n) is 24.4. The van der Waals surface area contributed by atoms with Gasteiger partial charge in [0.05, 0.1) is 16.9 Å². The Hall–Kier alpha value is -4.07. The fourth-order valence-corrected chi connectivity index (χ4v) is 6.90. The van der Waals surface area contributed by atoms with Crippen molar-refractivity contribution in [2.45, 2.75) is 38.1 Å². The summed E-state index contributed by atoms with van der Waals surface area (Å²) in [6.45, 7) is 9.93. The summed E-state index contributed by atoms with van der Waals surface area (Å²) in [5.74, 6) is 0.310. The molecule has 2 unspecified atom stereocenters. The van der Waals surface area contributed by atoms with Crippen LogP contribution in [0.2, 0.25) is 0 Å². The Balaban J connectivity index is 1.26. The van der Waals surface area contributed by atoms with E-state index in [0.717, 1.165) is 42.0 Å². The molecule has 2 aliphatic heterocycles. The molecule has 2 aliphatic rings. The standard InChI is InChI=1S/C32H38N6O3S/c1-22-18-23(2)28(35-27-12-13-38(21-24(27)3)29-9-5-4-8-25(29)20-33)19-26(22)32(39)37-16-14-36(15-17-37)30-10-6-7-11-31(30)42(34,40)41/h4-11,18-19,24,27,35H,12-17,21H2,1-3H3,(H2,34,40,41). The number of sulfonamides is 1. The lowest BCUT2D eigenvalue weighted by molar-refractivity contribution is 0.0746. The minimum Gasteiger partial charge on any atom is -0.382 e. The number of nitrogens with zero attached hydrogens (tertiary/aromatic N) is 4. The first kappa shape index (κ1) is 29.4. The zero-order valence-corrected chi connectivity index (χ0v) is 25.2. The topological polar surface area (TPSA) is 123 Å². The fourth-order valence-electron chi connectivity index (χ4n) is 6.14. The Labute approximate surface area is 248 Å². The Bertz CT molecular complexity index is 1630. The number of nitrogens with two attached hydrogens (primary N) is 1. The molecule has 0 aromatic heterocycles. The van der Waals surface area contributed by atoms with Gasteiger partial charge in [-0.15, -0.1) is 0 Å². The van der Waals surface area contributed by atoms with Gasteiger partial charge in [-0.2, -0.15) is 5.26 Å². The number of carbonyl (C=O) groups excluding carboxylic acids is 1. The molecule has 2 atom stereocenters. The van der Waals surface area contributed by atoms with Crippen molar-refractivity contribution in [3.63, 3.8) is 0 Å². The Morgan fingerprint density at radius 3 is 2.26 bits per heavy atom. The van der Waals surface area contributed by atoms with Gasteiger partial charge >= 0.3 is 0 Å². The normalized spacial score (nSPS) is 19.4. The number of hydrogen-bond acceptors (Lipinski definition) is 7. The van der Waals surface area contributed by atoms with Crippen LogP contribution in [0, 0.1) is 31.1 Å². The predicted molar refractivity (Wildman–Crippen MR) is 166 cm³/mol. The van der Waals surface area contributed by atoms with Crippen LogP contribution in [0.25, 0.3) is 0 Å². The monoisotopic (exact) mass is 586 g/mol. The van der Waals surface area contributed by atoms with Crippen LogP contribution in [0.5, 0.6) is 0 Å². The molecule has 0 aliphatic carbocycles. The van der Waals surface area contributed by atoms with Crippen LogP contribution >= 0.6 is 0 Å². The number of anilines is 3. The number of carbonyl (C=O) groups is 1. The Morgan fingerprint density at radius 2 is 1.60 bits per heavy atom. The second-order valence-corrected chi connectivity index (χ2v) is 12.9. The lowest BCUT2D eigenvalue weighted by Crippen LogP contribution is -2.49. The van der Waals surface area contributed by atoms with Crippen LogP contribution in [-0.2, 0) is 10.0 Å². The number of aryl methyl sites for hydroxylation is 2. The van der Waals surface area contributed by atoms with E-state index in [1.807, 2.05) is 47.1 Å². The molecule has 3 aromatic rings. The van der Waals surface area contributed by atoms with Crippen molar-refractivity contribution >= 4 is 33.0 Å². The molecule has 0 radical (unpaired) electrons. The summed E-state index contributed by atoms with van der Waals surface area (Å²) >= 11 is 0. The molecule has 220 valence electrons. The number of piperazine rings is 1. The number of piperidine rings is 1. The first-order valence-electron chi connectivity index (χ1n) is 14.3. The average molecular weight is 587 g/mol. The number of primary sulfonamides is 1. The number of para-hydroxylation sites is 2. The fraction of sp³-hybridized carbons (Fsp3) is 0.375. The van der Waals surface area contributed by atoms with Crippen LogP contribution in [0.4, 0.5) is 17.1 Å². The Kier molecular flexibility index (Phi) is 8.43. The molecule has 0 saturated carbocycles. The van der Waals surface area contributed by atoms with Crippen molar-refractivity contribution in [2.24, 2.45) is 11.1 Å². The maximum absolute atomic E-state index is 13.7. The highest BCUT2D eigenvalue weighted by molar-refractivity contribution is 7.89. The molecule has 2 saturated heterocycles. The van der Waals surface area contributed by atoms with E-state index in [0.29, 0.717) is 48.9 Å². The number of hydrogen-bond donors (Lipinski definition) is 2. The number of benzene rings is 3. The highest BCUT2D eigenvalue weighted by Crippen LogP contribution is 2.31. The molecule has 0 spiro atoms. The molecule has 9 nitrogen and oxygen atoms in total. The molecule has 2 fully saturated rings. The summed E-state index contributed by atoms with van der Waals surface area (Å²) < 4.78 is 24.2. The van der Waals surface area contributed by atoms with Crippen LogP contribution in [0.1, 0.15) is 40.4 Å². The molecule has 42 heavy (non-hydrogen) atoms. The summed E-state index contributed by atoms with van der Waals surface area (Å²) in [4.78, 5) is 19.9. The zero-order chi connectivity index (χ0) is 30.0. The largest absolute Gasteiger partial charge is 0.382 e. The van der Waals surface area contributed by atoms with Crippen LogP contribution in [0.3, 0.4) is 0 Å². The van der Waals surface area contributed by atoms with Gasteiger partial charge in [0.2, 0.25) is 10.0 Å². The van der Waals surface area contributed by atoms with Gasteiger partial charge in [0, 0.05) is 56.6 Å².